The van der Waals surface area contributed by atoms with Crippen LogP contribution in [0.3, 0.4) is 0 Å². The summed E-state index contributed by atoms with van der Waals surface area (Å²) in [5.41, 5.74) is 9.18. The fourth-order valence-electron chi connectivity index (χ4n) is 2.85. The molecule has 0 heterocycles. The number of nitrogens with one attached hydrogen (secondary N) is 3. The van der Waals surface area contributed by atoms with Crippen LogP contribution in [0.4, 0.5) is 5.69 Å². The van der Waals surface area contributed by atoms with E-state index < -0.39 is 15.9 Å². The van der Waals surface area contributed by atoms with E-state index in [9.17, 15) is 13.2 Å². The van der Waals surface area contributed by atoms with Gasteiger partial charge in [0.2, 0.25) is 0 Å². The number of hydrogen-bond acceptors (Lipinski definition) is 4. The van der Waals surface area contributed by atoms with Gasteiger partial charge in [0, 0.05) is 5.56 Å². The minimum absolute atomic E-state index is 0.00277. The summed E-state index contributed by atoms with van der Waals surface area (Å²) < 4.78 is 28.2. The van der Waals surface area contributed by atoms with Crippen molar-refractivity contribution in [2.45, 2.75) is 18.7 Å². The maximum atomic E-state index is 12.8. The monoisotopic (exact) mass is 421 g/mol. The van der Waals surface area contributed by atoms with Crippen LogP contribution in [-0.2, 0) is 10.0 Å². The first-order valence-corrected chi connectivity index (χ1v) is 10.8. The van der Waals surface area contributed by atoms with Crippen molar-refractivity contribution in [1.29, 1.82) is 0 Å². The van der Waals surface area contributed by atoms with Crippen molar-refractivity contribution in [3.63, 3.8) is 0 Å². The molecule has 0 unspecified atom stereocenters. The van der Waals surface area contributed by atoms with Crippen molar-refractivity contribution in [3.8, 4) is 0 Å². The third kappa shape index (κ3) is 5.07. The topological polar surface area (TPSA) is 87.3 Å². The summed E-state index contributed by atoms with van der Waals surface area (Å²) in [7, 11) is -3.85. The fourth-order valence-corrected chi connectivity index (χ4v) is 4.03. The van der Waals surface area contributed by atoms with Gasteiger partial charge in [-0.1, -0.05) is 60.7 Å². The van der Waals surface area contributed by atoms with Crippen LogP contribution >= 0.6 is 0 Å². The van der Waals surface area contributed by atoms with E-state index in [4.69, 9.17) is 0 Å². The zero-order valence-electron chi connectivity index (χ0n) is 16.8. The molecule has 0 aliphatic carbocycles. The molecule has 0 saturated carbocycles. The second-order valence-corrected chi connectivity index (χ2v) is 8.56. The Balaban J connectivity index is 1.73. The Morgan fingerprint density at radius 2 is 1.53 bits per heavy atom. The predicted octanol–water partition coefficient (Wildman–Crippen LogP) is 4.01. The third-order valence-electron chi connectivity index (χ3n) is 4.48. The van der Waals surface area contributed by atoms with Gasteiger partial charge in [-0.2, -0.15) is 0 Å². The highest BCUT2D eigenvalue weighted by atomic mass is 32.2. The highest BCUT2D eigenvalue weighted by molar-refractivity contribution is 7.92. The number of rotatable bonds is 7. The SMILES string of the molecule is C=C(NNC(=O)c1cccc(S(=O)(=O)Nc2ccc(C)cc2C)c1)c1ccccc1. The van der Waals surface area contributed by atoms with E-state index in [2.05, 4.69) is 22.2 Å². The molecule has 154 valence electrons. The average Bonchev–Trinajstić information content (AvgIpc) is 2.74. The van der Waals surface area contributed by atoms with Crippen molar-refractivity contribution in [2.24, 2.45) is 0 Å². The number of benzene rings is 3. The molecule has 6 nitrogen and oxygen atoms in total. The molecule has 0 aliphatic heterocycles. The van der Waals surface area contributed by atoms with Crippen LogP contribution in [-0.4, -0.2) is 14.3 Å². The van der Waals surface area contributed by atoms with Crippen LogP contribution in [0.2, 0.25) is 0 Å². The maximum Gasteiger partial charge on any atom is 0.269 e. The highest BCUT2D eigenvalue weighted by Crippen LogP contribution is 2.21. The summed E-state index contributed by atoms with van der Waals surface area (Å²) in [5, 5.41) is 0. The first-order chi connectivity index (χ1) is 14.3. The van der Waals surface area contributed by atoms with Gasteiger partial charge in [-0.15, -0.1) is 0 Å². The Labute approximate surface area is 176 Å². The first-order valence-electron chi connectivity index (χ1n) is 9.27. The summed E-state index contributed by atoms with van der Waals surface area (Å²) in [5.74, 6) is -0.476. The average molecular weight is 422 g/mol. The largest absolute Gasteiger partial charge is 0.298 e. The Bertz CT molecular complexity index is 1190. The Kier molecular flexibility index (Phi) is 6.23. The Hall–Kier alpha value is -3.58. The molecule has 0 bridgehead atoms. The van der Waals surface area contributed by atoms with E-state index in [1.807, 2.05) is 56.3 Å². The zero-order valence-corrected chi connectivity index (χ0v) is 17.6. The van der Waals surface area contributed by atoms with E-state index >= 15 is 0 Å². The van der Waals surface area contributed by atoms with Crippen molar-refractivity contribution < 1.29 is 13.2 Å². The molecule has 3 aromatic rings. The molecular formula is C23H23N3O3S. The number of hydrogen-bond donors (Lipinski definition) is 3. The summed E-state index contributed by atoms with van der Waals surface area (Å²) >= 11 is 0. The number of aryl methyl sites for hydroxylation is 2. The molecule has 0 radical (unpaired) electrons. The van der Waals surface area contributed by atoms with Crippen LogP contribution in [0.5, 0.6) is 0 Å². The second-order valence-electron chi connectivity index (χ2n) is 6.88. The summed E-state index contributed by atoms with van der Waals surface area (Å²) in [4.78, 5) is 12.5. The molecule has 3 rings (SSSR count). The smallest absolute Gasteiger partial charge is 0.269 e. The number of sulfonamides is 1. The molecule has 3 N–H and O–H groups in total. The quantitative estimate of drug-likeness (QED) is 0.503. The maximum absolute atomic E-state index is 12.8. The van der Waals surface area contributed by atoms with Crippen molar-refractivity contribution in [3.05, 3.63) is 102 Å². The molecule has 30 heavy (non-hydrogen) atoms. The van der Waals surface area contributed by atoms with Gasteiger partial charge in [0.25, 0.3) is 15.9 Å². The van der Waals surface area contributed by atoms with Gasteiger partial charge in [0.05, 0.1) is 16.3 Å². The lowest BCUT2D eigenvalue weighted by molar-refractivity contribution is 0.0942. The second kappa shape index (κ2) is 8.84. The Morgan fingerprint density at radius 3 is 2.23 bits per heavy atom. The van der Waals surface area contributed by atoms with Crippen LogP contribution in [0, 0.1) is 13.8 Å². The number of carbonyl (C=O) groups is 1. The summed E-state index contributed by atoms with van der Waals surface area (Å²) in [6.45, 7) is 7.65. The van der Waals surface area contributed by atoms with E-state index in [1.54, 1.807) is 12.1 Å². The summed E-state index contributed by atoms with van der Waals surface area (Å²) in [6, 6.07) is 20.6. The van der Waals surface area contributed by atoms with Crippen LogP contribution in [0.25, 0.3) is 5.70 Å². The van der Waals surface area contributed by atoms with E-state index in [0.717, 1.165) is 16.7 Å². The van der Waals surface area contributed by atoms with Crippen molar-refractivity contribution >= 4 is 27.3 Å². The molecule has 0 saturated heterocycles. The lowest BCUT2D eigenvalue weighted by Crippen LogP contribution is -2.35. The molecule has 0 aliphatic rings. The molecule has 1 amide bonds. The van der Waals surface area contributed by atoms with Gasteiger partial charge in [0.15, 0.2) is 0 Å². The standard InChI is InChI=1S/C23H23N3O3S/c1-16-12-13-22(17(2)14-16)26-30(28,29)21-11-7-10-20(15-21)23(27)25-24-18(3)19-8-5-4-6-9-19/h4-15,24,26H,3H2,1-2H3,(H,25,27). The van der Waals surface area contributed by atoms with Gasteiger partial charge in [0.1, 0.15) is 0 Å². The van der Waals surface area contributed by atoms with E-state index in [0.29, 0.717) is 11.4 Å². The molecule has 0 fully saturated rings. The number of carbonyl (C=O) groups excluding carboxylic acids is 1. The van der Waals surface area contributed by atoms with E-state index in [-0.39, 0.29) is 10.5 Å². The normalized spacial score (nSPS) is 10.9. The predicted molar refractivity (Wildman–Crippen MR) is 119 cm³/mol. The molecule has 7 heteroatoms. The molecule has 0 aromatic heterocycles. The highest BCUT2D eigenvalue weighted by Gasteiger charge is 2.17. The lowest BCUT2D eigenvalue weighted by Gasteiger charge is -2.13. The van der Waals surface area contributed by atoms with Gasteiger partial charge in [-0.25, -0.2) is 8.42 Å². The van der Waals surface area contributed by atoms with Crippen LogP contribution in [0.15, 0.2) is 84.3 Å². The van der Waals surface area contributed by atoms with Crippen molar-refractivity contribution in [2.75, 3.05) is 4.72 Å². The van der Waals surface area contributed by atoms with Crippen molar-refractivity contribution in [1.82, 2.24) is 10.9 Å². The molecule has 3 aromatic carbocycles. The summed E-state index contributed by atoms with van der Waals surface area (Å²) in [6.07, 6.45) is 0. The van der Waals surface area contributed by atoms with Gasteiger partial charge in [-0.3, -0.25) is 20.4 Å². The fraction of sp³-hybridized carbons (Fsp3) is 0.0870. The molecule has 0 spiro atoms. The van der Waals surface area contributed by atoms with Crippen LogP contribution in [0.1, 0.15) is 27.0 Å². The van der Waals surface area contributed by atoms with Crippen LogP contribution < -0.4 is 15.6 Å². The molecular weight excluding hydrogens is 398 g/mol. The Morgan fingerprint density at radius 1 is 0.833 bits per heavy atom. The number of hydrazine groups is 1. The lowest BCUT2D eigenvalue weighted by atomic mass is 10.1. The van der Waals surface area contributed by atoms with E-state index in [1.165, 1.54) is 18.2 Å². The molecule has 0 atom stereocenters. The first kappa shape index (κ1) is 21.1. The van der Waals surface area contributed by atoms with Gasteiger partial charge >= 0.3 is 0 Å². The number of anilines is 1. The van der Waals surface area contributed by atoms with Gasteiger partial charge in [-0.05, 0) is 49.2 Å². The number of amides is 1. The zero-order chi connectivity index (χ0) is 21.7. The third-order valence-corrected chi connectivity index (χ3v) is 5.85. The minimum Gasteiger partial charge on any atom is -0.298 e. The van der Waals surface area contributed by atoms with Gasteiger partial charge < -0.3 is 0 Å². The minimum atomic E-state index is -3.85.